The van der Waals surface area contributed by atoms with Gasteiger partial charge in [-0.25, -0.2) is 0 Å². The van der Waals surface area contributed by atoms with Gasteiger partial charge in [0.25, 0.3) is 0 Å². The highest BCUT2D eigenvalue weighted by Gasteiger charge is 2.43. The van der Waals surface area contributed by atoms with Crippen LogP contribution in [0.1, 0.15) is 107 Å². The van der Waals surface area contributed by atoms with Gasteiger partial charge in [-0.15, -0.1) is 0 Å². The Morgan fingerprint density at radius 2 is 0.810 bits per heavy atom. The summed E-state index contributed by atoms with van der Waals surface area (Å²) < 4.78 is 0. The Morgan fingerprint density at radius 3 is 1.44 bits per heavy atom. The molecule has 1 atom stereocenters. The summed E-state index contributed by atoms with van der Waals surface area (Å²) in [6.45, 7) is 23.5. The van der Waals surface area contributed by atoms with Crippen LogP contribution in [0.15, 0.2) is 176 Å². The average molecular weight is 818 g/mol. The number of fused-ring (bicyclic) bond motifs is 6. The molecule has 0 aromatic heterocycles. The predicted molar refractivity (Wildman–Crippen MR) is 269 cm³/mol. The Kier molecular flexibility index (Phi) is 9.39. The van der Waals surface area contributed by atoms with Crippen LogP contribution in [0.5, 0.6) is 0 Å². The number of para-hydroxylation sites is 1. The Labute approximate surface area is 376 Å². The molecule has 2 aliphatic rings. The van der Waals surface area contributed by atoms with Crippen LogP contribution in [-0.2, 0) is 21.7 Å². The van der Waals surface area contributed by atoms with Crippen molar-refractivity contribution in [2.75, 3.05) is 4.90 Å². The lowest BCUT2D eigenvalue weighted by Crippen LogP contribution is -2.25. The summed E-state index contributed by atoms with van der Waals surface area (Å²) in [4.78, 5) is 2.52. The number of hydrogen-bond donors (Lipinski definition) is 0. The molecular weight excluding hydrogens is 759 g/mol. The topological polar surface area (TPSA) is 3.24 Å². The zero-order chi connectivity index (χ0) is 44.1. The lowest BCUT2D eigenvalue weighted by atomic mass is 9.69. The molecule has 63 heavy (non-hydrogen) atoms. The summed E-state index contributed by atoms with van der Waals surface area (Å²) in [5.41, 5.74) is 23.9. The monoisotopic (exact) mass is 817 g/mol. The molecule has 0 amide bonds. The van der Waals surface area contributed by atoms with E-state index in [1.54, 1.807) is 0 Å². The van der Waals surface area contributed by atoms with E-state index in [0.29, 0.717) is 0 Å². The van der Waals surface area contributed by atoms with Crippen molar-refractivity contribution in [1.82, 2.24) is 0 Å². The highest BCUT2D eigenvalue weighted by atomic mass is 15.1. The minimum atomic E-state index is -0.458. The molecular formula is C62H59N. The van der Waals surface area contributed by atoms with Gasteiger partial charge in [-0.05, 0) is 138 Å². The smallest absolute Gasteiger partial charge is 0.0540 e. The quantitative estimate of drug-likeness (QED) is 0.162. The fraction of sp³-hybridized carbons (Fsp3) is 0.226. The van der Waals surface area contributed by atoms with E-state index in [4.69, 9.17) is 0 Å². The van der Waals surface area contributed by atoms with Crippen LogP contribution in [0.3, 0.4) is 0 Å². The van der Waals surface area contributed by atoms with Gasteiger partial charge in [-0.3, -0.25) is 0 Å². The number of hydrogen-bond acceptors (Lipinski definition) is 1. The molecule has 8 aromatic carbocycles. The van der Waals surface area contributed by atoms with Crippen molar-refractivity contribution >= 4 is 17.1 Å². The van der Waals surface area contributed by atoms with Crippen LogP contribution in [0.25, 0.3) is 44.5 Å². The molecule has 8 aromatic rings. The SMILES string of the molecule is Cc1cc(C(C)(C)C)ccc1-c1ccc(C(C)(C)C)cc1C1(C)c2ccccc2-c2ccc(N(c3ccc4c(c3)C(C)(C)c3ccccc3-4)c3ccccc3-c3ccccc3)cc21. The van der Waals surface area contributed by atoms with E-state index in [0.717, 1.165) is 17.1 Å². The second kappa shape index (κ2) is 14.6. The third-order valence-electron chi connectivity index (χ3n) is 14.4. The standard InChI is InChI=1S/C62H59N/c1-40-36-42(59(2,3)4)28-32-46(40)50-33-29-43(60(5,6)7)37-56(50)62(10)54-26-18-15-24-49(54)52-35-31-45(39-57(52)62)63(58-27-19-16-22-47(58)41-20-12-11-13-21-41)44-30-34-51-48-23-14-17-25-53(48)61(8,9)55(51)38-44/h11-39H,1-10H3. The molecule has 0 bridgehead atoms. The predicted octanol–water partition coefficient (Wildman–Crippen LogP) is 17.0. The van der Waals surface area contributed by atoms with E-state index in [-0.39, 0.29) is 16.2 Å². The third kappa shape index (κ3) is 6.50. The summed E-state index contributed by atoms with van der Waals surface area (Å²) in [6.07, 6.45) is 0. The van der Waals surface area contributed by atoms with E-state index in [9.17, 15) is 0 Å². The molecule has 0 radical (unpaired) electrons. The first-order chi connectivity index (χ1) is 30.1. The van der Waals surface area contributed by atoms with Crippen molar-refractivity contribution in [2.45, 2.75) is 90.9 Å². The van der Waals surface area contributed by atoms with Crippen molar-refractivity contribution in [3.63, 3.8) is 0 Å². The van der Waals surface area contributed by atoms with Crippen LogP contribution in [0.2, 0.25) is 0 Å². The lowest BCUT2D eigenvalue weighted by Gasteiger charge is -2.34. The first-order valence-electron chi connectivity index (χ1n) is 22.8. The molecule has 2 aliphatic carbocycles. The summed E-state index contributed by atoms with van der Waals surface area (Å²) >= 11 is 0. The minimum absolute atomic E-state index is 0.0312. The van der Waals surface area contributed by atoms with E-state index in [1.807, 2.05) is 0 Å². The van der Waals surface area contributed by atoms with Gasteiger partial charge in [0.2, 0.25) is 0 Å². The summed E-state index contributed by atoms with van der Waals surface area (Å²) in [7, 11) is 0. The molecule has 0 aliphatic heterocycles. The van der Waals surface area contributed by atoms with Crippen molar-refractivity contribution in [3.05, 3.63) is 220 Å². The zero-order valence-corrected chi connectivity index (χ0v) is 38.7. The van der Waals surface area contributed by atoms with Gasteiger partial charge in [0, 0.05) is 27.8 Å². The lowest BCUT2D eigenvalue weighted by molar-refractivity contribution is 0.586. The molecule has 10 rings (SSSR count). The Hall–Kier alpha value is -6.44. The highest BCUT2D eigenvalue weighted by Crippen LogP contribution is 2.57. The van der Waals surface area contributed by atoms with Gasteiger partial charge in [-0.1, -0.05) is 201 Å². The minimum Gasteiger partial charge on any atom is -0.310 e. The number of aryl methyl sites for hydroxylation is 1. The fourth-order valence-electron chi connectivity index (χ4n) is 10.8. The van der Waals surface area contributed by atoms with E-state index in [1.165, 1.54) is 89.0 Å². The number of anilines is 3. The molecule has 0 saturated heterocycles. The van der Waals surface area contributed by atoms with Crippen LogP contribution < -0.4 is 4.90 Å². The molecule has 0 N–H and O–H groups in total. The Bertz CT molecular complexity index is 3080. The molecule has 1 nitrogen and oxygen atoms in total. The Balaban J connectivity index is 1.23. The van der Waals surface area contributed by atoms with Gasteiger partial charge in [-0.2, -0.15) is 0 Å². The maximum absolute atomic E-state index is 2.54. The van der Waals surface area contributed by atoms with Crippen molar-refractivity contribution in [2.24, 2.45) is 0 Å². The molecule has 1 heteroatoms. The van der Waals surface area contributed by atoms with Crippen LogP contribution >= 0.6 is 0 Å². The normalized spacial score (nSPS) is 16.0. The first kappa shape index (κ1) is 40.6. The van der Waals surface area contributed by atoms with Crippen LogP contribution in [-0.4, -0.2) is 0 Å². The van der Waals surface area contributed by atoms with E-state index >= 15 is 0 Å². The van der Waals surface area contributed by atoms with Crippen LogP contribution in [0, 0.1) is 6.92 Å². The first-order valence-corrected chi connectivity index (χ1v) is 22.8. The number of benzene rings is 8. The van der Waals surface area contributed by atoms with Gasteiger partial charge in [0.15, 0.2) is 0 Å². The second-order valence-electron chi connectivity index (χ2n) is 20.8. The zero-order valence-electron chi connectivity index (χ0n) is 38.7. The summed E-state index contributed by atoms with van der Waals surface area (Å²) in [5, 5.41) is 0. The van der Waals surface area contributed by atoms with Crippen LogP contribution in [0.4, 0.5) is 17.1 Å². The molecule has 0 spiro atoms. The van der Waals surface area contributed by atoms with E-state index in [2.05, 4.69) is 250 Å². The van der Waals surface area contributed by atoms with Gasteiger partial charge in [0.05, 0.1) is 5.69 Å². The van der Waals surface area contributed by atoms with Crippen molar-refractivity contribution in [1.29, 1.82) is 0 Å². The molecule has 0 saturated carbocycles. The molecule has 0 fully saturated rings. The number of rotatable bonds is 6. The van der Waals surface area contributed by atoms with E-state index < -0.39 is 5.41 Å². The second-order valence-corrected chi connectivity index (χ2v) is 20.8. The Morgan fingerprint density at radius 1 is 0.365 bits per heavy atom. The molecule has 0 heterocycles. The molecule has 1 unspecified atom stereocenters. The van der Waals surface area contributed by atoms with Gasteiger partial charge < -0.3 is 4.90 Å². The van der Waals surface area contributed by atoms with Crippen molar-refractivity contribution in [3.8, 4) is 44.5 Å². The number of nitrogens with zero attached hydrogens (tertiary/aromatic N) is 1. The highest BCUT2D eigenvalue weighted by molar-refractivity contribution is 5.93. The fourth-order valence-corrected chi connectivity index (χ4v) is 10.8. The summed E-state index contributed by atoms with van der Waals surface area (Å²) in [5.74, 6) is 0. The third-order valence-corrected chi connectivity index (χ3v) is 14.4. The summed E-state index contributed by atoms with van der Waals surface area (Å²) in [6, 6.07) is 66.8. The van der Waals surface area contributed by atoms with Crippen molar-refractivity contribution < 1.29 is 0 Å². The average Bonchev–Trinajstić information content (AvgIpc) is 3.67. The van der Waals surface area contributed by atoms with Gasteiger partial charge >= 0.3 is 0 Å². The molecule has 312 valence electrons. The van der Waals surface area contributed by atoms with Gasteiger partial charge in [0.1, 0.15) is 0 Å². The maximum Gasteiger partial charge on any atom is 0.0540 e. The largest absolute Gasteiger partial charge is 0.310 e. The maximum atomic E-state index is 2.54.